The second-order valence-corrected chi connectivity index (χ2v) is 7.28. The van der Waals surface area contributed by atoms with Crippen LogP contribution in [0.15, 0.2) is 18.2 Å². The van der Waals surface area contributed by atoms with Crippen LogP contribution in [0.4, 0.5) is 5.00 Å². The molecule has 2 aromatic rings. The molecule has 1 atom stereocenters. The zero-order valence-corrected chi connectivity index (χ0v) is 14.4. The van der Waals surface area contributed by atoms with Crippen LogP contribution in [-0.4, -0.2) is 36.6 Å². The van der Waals surface area contributed by atoms with E-state index < -0.39 is 0 Å². The van der Waals surface area contributed by atoms with Gasteiger partial charge in [-0.2, -0.15) is 0 Å². The number of thiophene rings is 1. The van der Waals surface area contributed by atoms with Crippen molar-refractivity contribution in [1.82, 2.24) is 10.2 Å². The fourth-order valence-electron chi connectivity index (χ4n) is 3.28. The summed E-state index contributed by atoms with van der Waals surface area (Å²) in [6.07, 6.45) is 0.571. The van der Waals surface area contributed by atoms with Gasteiger partial charge in [-0.05, 0) is 36.7 Å². The average molecular weight is 345 g/mol. The number of hydrogen-bond donors (Lipinski definition) is 3. The number of carbonyl (C=O) groups is 1. The summed E-state index contributed by atoms with van der Waals surface area (Å²) in [7, 11) is 3.61. The minimum absolute atomic E-state index is 0.0390. The molecule has 3 heterocycles. The zero-order chi connectivity index (χ0) is 16.8. The van der Waals surface area contributed by atoms with Gasteiger partial charge in [-0.1, -0.05) is 6.07 Å². The topological polar surface area (TPSA) is 73.8 Å². The van der Waals surface area contributed by atoms with Crippen LogP contribution in [0.25, 0.3) is 0 Å². The highest BCUT2D eigenvalue weighted by Crippen LogP contribution is 2.41. The summed E-state index contributed by atoms with van der Waals surface area (Å²) in [6.45, 7) is 1.86. The molecule has 0 radical (unpaired) electrons. The first-order valence-electron chi connectivity index (χ1n) is 7.84. The van der Waals surface area contributed by atoms with E-state index in [0.717, 1.165) is 35.6 Å². The van der Waals surface area contributed by atoms with E-state index in [4.69, 9.17) is 4.74 Å². The molecule has 4 rings (SSSR count). The third-order valence-corrected chi connectivity index (χ3v) is 5.71. The van der Waals surface area contributed by atoms with Gasteiger partial charge in [-0.25, -0.2) is 0 Å². The van der Waals surface area contributed by atoms with Crippen LogP contribution in [0, 0.1) is 0 Å². The monoisotopic (exact) mass is 345 g/mol. The van der Waals surface area contributed by atoms with Gasteiger partial charge in [0, 0.05) is 18.0 Å². The number of amides is 1. The van der Waals surface area contributed by atoms with Crippen molar-refractivity contribution in [1.29, 1.82) is 0 Å². The quantitative estimate of drug-likeness (QED) is 0.779. The standard InChI is InChI=1S/C17H19N3O3S/c1-20-6-5-10-13(8-20)24-17-14(10)16(22)18-15(19-17)9-3-4-11(21)12(7-9)23-2/h3-4,7,15,19,21H,5-6,8H2,1-2H3,(H,18,22)/t15-/m0/s1. The third-order valence-electron chi connectivity index (χ3n) is 4.56. The van der Waals surface area contributed by atoms with Crippen LogP contribution in [-0.2, 0) is 13.0 Å². The maximum atomic E-state index is 12.7. The fraction of sp³-hybridized carbons (Fsp3) is 0.353. The Morgan fingerprint density at radius 2 is 2.21 bits per heavy atom. The van der Waals surface area contributed by atoms with E-state index in [9.17, 15) is 9.90 Å². The molecular weight excluding hydrogens is 326 g/mol. The lowest BCUT2D eigenvalue weighted by Gasteiger charge is -2.27. The number of aromatic hydroxyl groups is 1. The number of likely N-dealkylation sites (N-methyl/N-ethyl adjacent to an activating group) is 1. The summed E-state index contributed by atoms with van der Waals surface area (Å²) in [4.78, 5) is 16.2. The molecule has 1 aromatic heterocycles. The number of methoxy groups -OCH3 is 1. The lowest BCUT2D eigenvalue weighted by Crippen LogP contribution is -2.38. The predicted octanol–water partition coefficient (Wildman–Crippen LogP) is 2.30. The summed E-state index contributed by atoms with van der Waals surface area (Å²) in [5.74, 6) is 0.433. The Kier molecular flexibility index (Phi) is 3.62. The van der Waals surface area contributed by atoms with Crippen molar-refractivity contribution in [3.05, 3.63) is 39.8 Å². The number of nitrogens with zero attached hydrogens (tertiary/aromatic N) is 1. The van der Waals surface area contributed by atoms with Gasteiger partial charge >= 0.3 is 0 Å². The molecule has 2 aliphatic rings. The lowest BCUT2D eigenvalue weighted by molar-refractivity contribution is 0.0935. The van der Waals surface area contributed by atoms with E-state index in [1.165, 1.54) is 17.6 Å². The molecule has 0 aliphatic carbocycles. The van der Waals surface area contributed by atoms with E-state index >= 15 is 0 Å². The van der Waals surface area contributed by atoms with E-state index in [-0.39, 0.29) is 17.8 Å². The molecule has 24 heavy (non-hydrogen) atoms. The molecule has 3 N–H and O–H groups in total. The van der Waals surface area contributed by atoms with Crippen LogP contribution in [0.5, 0.6) is 11.5 Å². The first kappa shape index (κ1) is 15.3. The first-order chi connectivity index (χ1) is 11.6. The van der Waals surface area contributed by atoms with Crippen molar-refractivity contribution in [3.63, 3.8) is 0 Å². The Labute approximate surface area is 144 Å². The van der Waals surface area contributed by atoms with Crippen LogP contribution >= 0.6 is 11.3 Å². The third kappa shape index (κ3) is 2.40. The van der Waals surface area contributed by atoms with Crippen molar-refractivity contribution < 1.29 is 14.6 Å². The molecule has 6 nitrogen and oxygen atoms in total. The Hall–Kier alpha value is -2.25. The maximum absolute atomic E-state index is 12.7. The van der Waals surface area contributed by atoms with Gasteiger partial charge in [0.25, 0.3) is 5.91 Å². The highest BCUT2D eigenvalue weighted by molar-refractivity contribution is 7.16. The highest BCUT2D eigenvalue weighted by Gasteiger charge is 2.32. The number of ether oxygens (including phenoxy) is 1. The van der Waals surface area contributed by atoms with E-state index in [1.807, 2.05) is 0 Å². The molecule has 0 fully saturated rings. The van der Waals surface area contributed by atoms with Crippen LogP contribution in [0.3, 0.4) is 0 Å². The number of rotatable bonds is 2. The molecule has 0 spiro atoms. The number of carbonyl (C=O) groups excluding carboxylic acids is 1. The SMILES string of the molecule is COc1cc([C@H]2NC(=O)c3c(sc4c3CCN(C)C4)N2)ccc1O. The molecular formula is C17H19N3O3S. The normalized spacial score (nSPS) is 19.9. The second kappa shape index (κ2) is 5.68. The molecule has 1 amide bonds. The Bertz CT molecular complexity index is 818. The maximum Gasteiger partial charge on any atom is 0.256 e. The first-order valence-corrected chi connectivity index (χ1v) is 8.66. The zero-order valence-electron chi connectivity index (χ0n) is 13.5. The van der Waals surface area contributed by atoms with Gasteiger partial charge in [0.2, 0.25) is 0 Å². The number of nitrogens with one attached hydrogen (secondary N) is 2. The van der Waals surface area contributed by atoms with Crippen molar-refractivity contribution in [2.75, 3.05) is 26.0 Å². The molecule has 0 saturated carbocycles. The van der Waals surface area contributed by atoms with E-state index in [0.29, 0.717) is 5.75 Å². The van der Waals surface area contributed by atoms with Crippen molar-refractivity contribution >= 4 is 22.2 Å². The van der Waals surface area contributed by atoms with Crippen LogP contribution < -0.4 is 15.4 Å². The summed E-state index contributed by atoms with van der Waals surface area (Å²) in [5.41, 5.74) is 2.82. The predicted molar refractivity (Wildman–Crippen MR) is 92.8 cm³/mol. The van der Waals surface area contributed by atoms with Gasteiger partial charge in [0.05, 0.1) is 12.7 Å². The largest absolute Gasteiger partial charge is 0.504 e. The van der Waals surface area contributed by atoms with E-state index in [2.05, 4.69) is 22.6 Å². The van der Waals surface area contributed by atoms with Gasteiger partial charge in [0.15, 0.2) is 11.5 Å². The van der Waals surface area contributed by atoms with Crippen LogP contribution in [0.2, 0.25) is 0 Å². The molecule has 0 saturated heterocycles. The Morgan fingerprint density at radius 3 is 3.00 bits per heavy atom. The van der Waals surface area contributed by atoms with Gasteiger partial charge in [-0.3, -0.25) is 4.79 Å². The van der Waals surface area contributed by atoms with Crippen molar-refractivity contribution in [2.45, 2.75) is 19.1 Å². The molecule has 7 heteroatoms. The average Bonchev–Trinajstić information content (AvgIpc) is 2.92. The van der Waals surface area contributed by atoms with Gasteiger partial charge < -0.3 is 25.4 Å². The summed E-state index contributed by atoms with van der Waals surface area (Å²) in [5, 5.41) is 17.1. The molecule has 2 aliphatic heterocycles. The Balaban J connectivity index is 1.68. The number of fused-ring (bicyclic) bond motifs is 3. The number of phenolic OH excluding ortho intramolecular Hbond substituents is 1. The summed E-state index contributed by atoms with van der Waals surface area (Å²) >= 11 is 1.66. The highest BCUT2D eigenvalue weighted by atomic mass is 32.1. The number of phenols is 1. The summed E-state index contributed by atoms with van der Waals surface area (Å²) < 4.78 is 5.16. The van der Waals surface area contributed by atoms with Crippen molar-refractivity contribution in [3.8, 4) is 11.5 Å². The minimum atomic E-state index is -0.336. The molecule has 1 aromatic carbocycles. The minimum Gasteiger partial charge on any atom is -0.504 e. The fourth-order valence-corrected chi connectivity index (χ4v) is 4.64. The smallest absolute Gasteiger partial charge is 0.256 e. The number of hydrogen-bond acceptors (Lipinski definition) is 6. The lowest BCUT2D eigenvalue weighted by atomic mass is 10.0. The molecule has 0 bridgehead atoms. The second-order valence-electron chi connectivity index (χ2n) is 6.18. The molecule has 126 valence electrons. The van der Waals surface area contributed by atoms with Gasteiger partial charge in [0.1, 0.15) is 11.2 Å². The number of benzene rings is 1. The summed E-state index contributed by atoms with van der Waals surface area (Å²) in [6, 6.07) is 5.09. The van der Waals surface area contributed by atoms with Crippen molar-refractivity contribution in [2.24, 2.45) is 0 Å². The molecule has 0 unspecified atom stereocenters. The Morgan fingerprint density at radius 1 is 1.38 bits per heavy atom. The van der Waals surface area contributed by atoms with Crippen LogP contribution in [0.1, 0.15) is 32.5 Å². The number of anilines is 1. The van der Waals surface area contributed by atoms with Gasteiger partial charge in [-0.15, -0.1) is 11.3 Å². The van der Waals surface area contributed by atoms with E-state index in [1.54, 1.807) is 29.5 Å².